The van der Waals surface area contributed by atoms with E-state index < -0.39 is 11.2 Å². The summed E-state index contributed by atoms with van der Waals surface area (Å²) in [7, 11) is 0. The third kappa shape index (κ3) is 5.89. The molecule has 2 heterocycles. The molecule has 8 nitrogen and oxygen atoms in total. The molecule has 1 aliphatic rings. The molecule has 35 heavy (non-hydrogen) atoms. The molecule has 0 atom stereocenters. The van der Waals surface area contributed by atoms with Crippen LogP contribution >= 0.6 is 0 Å². The zero-order chi connectivity index (χ0) is 24.8. The third-order valence-electron chi connectivity index (χ3n) is 6.72. The first-order valence-electron chi connectivity index (χ1n) is 12.2. The lowest BCUT2D eigenvalue weighted by atomic mass is 9.90. The van der Waals surface area contributed by atoms with Crippen molar-refractivity contribution in [1.82, 2.24) is 14.5 Å². The molecular weight excluding hydrogens is 442 g/mol. The minimum atomic E-state index is -0.645. The number of hydrogen-bond acceptors (Lipinski definition) is 5. The smallest absolute Gasteiger partial charge is 0.330 e. The highest BCUT2D eigenvalue weighted by molar-refractivity contribution is 5.96. The van der Waals surface area contributed by atoms with Gasteiger partial charge in [-0.15, -0.1) is 0 Å². The summed E-state index contributed by atoms with van der Waals surface area (Å²) in [4.78, 5) is 44.3. The number of nitrogens with two attached hydrogens (primary N) is 1. The molecule has 1 aromatic heterocycles. The molecule has 1 amide bonds. The zero-order valence-electron chi connectivity index (χ0n) is 20.2. The number of carbonyl (C=O) groups excluding carboxylic acids is 1. The first-order valence-corrected chi connectivity index (χ1v) is 12.2. The number of aromatic nitrogens is 2. The van der Waals surface area contributed by atoms with Gasteiger partial charge in [-0.3, -0.25) is 24.0 Å². The summed E-state index contributed by atoms with van der Waals surface area (Å²) in [5, 5.41) is 0. The number of nitrogens with zero attached hydrogens (tertiary/aromatic N) is 3. The van der Waals surface area contributed by atoms with Gasteiger partial charge in [-0.1, -0.05) is 60.7 Å². The van der Waals surface area contributed by atoms with E-state index >= 15 is 0 Å². The molecule has 8 heteroatoms. The second-order valence-corrected chi connectivity index (χ2v) is 9.11. The standard InChI is InChI=1S/C27H33N5O3/c1-2-31(23(33)19-30-15-13-21(14-16-30)17-20-9-5-3-6-10-20)24-25(28)32(27(35)29-26(24)34)18-22-11-7-4-8-12-22/h3-12,21H,2,13-19,28H2,1H3,(H,29,34,35). The van der Waals surface area contributed by atoms with Gasteiger partial charge in [0.2, 0.25) is 5.91 Å². The number of nitrogen functional groups attached to an aromatic ring is 1. The largest absolute Gasteiger partial charge is 0.383 e. The maximum absolute atomic E-state index is 13.3. The van der Waals surface area contributed by atoms with Gasteiger partial charge in [0.05, 0.1) is 13.1 Å². The Balaban J connectivity index is 1.45. The van der Waals surface area contributed by atoms with Crippen molar-refractivity contribution >= 4 is 17.4 Å². The minimum Gasteiger partial charge on any atom is -0.383 e. The molecule has 0 aliphatic carbocycles. The maximum atomic E-state index is 13.3. The number of nitrogens with one attached hydrogen (secondary N) is 1. The van der Waals surface area contributed by atoms with Crippen molar-refractivity contribution in [3.8, 4) is 0 Å². The highest BCUT2D eigenvalue weighted by Crippen LogP contribution is 2.23. The van der Waals surface area contributed by atoms with E-state index in [0.29, 0.717) is 5.92 Å². The minimum absolute atomic E-state index is 0.000581. The lowest BCUT2D eigenvalue weighted by molar-refractivity contribution is -0.120. The Hall–Kier alpha value is -3.65. The Labute approximate surface area is 205 Å². The van der Waals surface area contributed by atoms with Crippen LogP contribution in [0.4, 0.5) is 11.5 Å². The van der Waals surface area contributed by atoms with Crippen LogP contribution in [0, 0.1) is 5.92 Å². The molecule has 1 fully saturated rings. The SMILES string of the molecule is CCN(C(=O)CN1CCC(Cc2ccccc2)CC1)c1c(N)n(Cc2ccccc2)c(=O)[nH]c1=O. The van der Waals surface area contributed by atoms with E-state index in [4.69, 9.17) is 5.73 Å². The van der Waals surface area contributed by atoms with Gasteiger partial charge in [-0.05, 0) is 56.3 Å². The van der Waals surface area contributed by atoms with Crippen molar-refractivity contribution in [2.45, 2.75) is 32.7 Å². The van der Waals surface area contributed by atoms with E-state index in [1.165, 1.54) is 15.0 Å². The van der Waals surface area contributed by atoms with Crippen LogP contribution in [0.15, 0.2) is 70.3 Å². The highest BCUT2D eigenvalue weighted by Gasteiger charge is 2.26. The number of amides is 1. The number of benzene rings is 2. The number of rotatable bonds is 8. The van der Waals surface area contributed by atoms with Crippen LogP contribution in [0.5, 0.6) is 0 Å². The number of likely N-dealkylation sites (tertiary alicyclic amines) is 1. The molecule has 184 valence electrons. The number of H-pyrrole nitrogens is 1. The van der Waals surface area contributed by atoms with Crippen molar-refractivity contribution in [1.29, 1.82) is 0 Å². The summed E-state index contributed by atoms with van der Waals surface area (Å²) in [6.45, 7) is 4.16. The fourth-order valence-corrected chi connectivity index (χ4v) is 4.79. The van der Waals surface area contributed by atoms with Gasteiger partial charge < -0.3 is 10.6 Å². The third-order valence-corrected chi connectivity index (χ3v) is 6.72. The molecule has 0 unspecified atom stereocenters. The summed E-state index contributed by atoms with van der Waals surface area (Å²) in [6, 6.07) is 19.9. The average molecular weight is 476 g/mol. The normalized spacial score (nSPS) is 14.7. The lowest BCUT2D eigenvalue weighted by Gasteiger charge is -2.33. The molecule has 3 aromatic rings. The van der Waals surface area contributed by atoms with Crippen molar-refractivity contribution < 1.29 is 4.79 Å². The van der Waals surface area contributed by atoms with Gasteiger partial charge in [0.1, 0.15) is 5.82 Å². The molecule has 0 spiro atoms. The number of anilines is 2. The second kappa shape index (κ2) is 11.2. The van der Waals surface area contributed by atoms with Crippen LogP contribution in [-0.2, 0) is 17.8 Å². The average Bonchev–Trinajstić information content (AvgIpc) is 2.86. The van der Waals surface area contributed by atoms with Crippen LogP contribution in [0.3, 0.4) is 0 Å². The van der Waals surface area contributed by atoms with Gasteiger partial charge in [0.15, 0.2) is 5.69 Å². The zero-order valence-corrected chi connectivity index (χ0v) is 20.2. The molecular formula is C27H33N5O3. The molecule has 2 aromatic carbocycles. The van der Waals surface area contributed by atoms with Crippen LogP contribution in [-0.4, -0.2) is 46.5 Å². The summed E-state index contributed by atoms with van der Waals surface area (Å²) in [6.07, 6.45) is 3.11. The van der Waals surface area contributed by atoms with Crippen molar-refractivity contribution in [2.24, 2.45) is 5.92 Å². The molecule has 0 saturated carbocycles. The van der Waals surface area contributed by atoms with Crippen LogP contribution < -0.4 is 21.9 Å². The number of likely N-dealkylation sites (N-methyl/N-ethyl adjacent to an activating group) is 1. The fourth-order valence-electron chi connectivity index (χ4n) is 4.79. The Bertz CT molecular complexity index is 1250. The van der Waals surface area contributed by atoms with Crippen LogP contribution in [0.25, 0.3) is 0 Å². The number of aromatic amines is 1. The van der Waals surface area contributed by atoms with Crippen molar-refractivity contribution in [2.75, 3.05) is 36.8 Å². The number of piperidine rings is 1. The first kappa shape index (κ1) is 24.5. The molecule has 4 rings (SSSR count). The van der Waals surface area contributed by atoms with E-state index in [0.717, 1.165) is 37.9 Å². The summed E-state index contributed by atoms with van der Waals surface area (Å²) >= 11 is 0. The fraction of sp³-hybridized carbons (Fsp3) is 0.370. The van der Waals surface area contributed by atoms with Gasteiger partial charge in [0.25, 0.3) is 5.56 Å². The first-order chi connectivity index (χ1) is 17.0. The van der Waals surface area contributed by atoms with E-state index in [1.807, 2.05) is 36.4 Å². The highest BCUT2D eigenvalue weighted by atomic mass is 16.2. The van der Waals surface area contributed by atoms with Gasteiger partial charge >= 0.3 is 5.69 Å². The number of hydrogen-bond donors (Lipinski definition) is 2. The summed E-state index contributed by atoms with van der Waals surface area (Å²) in [5.41, 5.74) is 7.32. The Kier molecular flexibility index (Phi) is 7.82. The topological polar surface area (TPSA) is 104 Å². The van der Waals surface area contributed by atoms with E-state index in [1.54, 1.807) is 6.92 Å². The van der Waals surface area contributed by atoms with Crippen LogP contribution in [0.2, 0.25) is 0 Å². The Morgan fingerprint density at radius 2 is 1.60 bits per heavy atom. The van der Waals surface area contributed by atoms with Gasteiger partial charge in [0, 0.05) is 6.54 Å². The van der Waals surface area contributed by atoms with E-state index in [2.05, 4.69) is 34.1 Å². The van der Waals surface area contributed by atoms with Gasteiger partial charge in [-0.25, -0.2) is 4.79 Å². The molecule has 3 N–H and O–H groups in total. The maximum Gasteiger partial charge on any atom is 0.330 e. The quantitative estimate of drug-likeness (QED) is 0.521. The summed E-state index contributed by atoms with van der Waals surface area (Å²) in [5.74, 6) is 0.404. The Morgan fingerprint density at radius 1 is 1.00 bits per heavy atom. The Morgan fingerprint density at radius 3 is 2.20 bits per heavy atom. The van der Waals surface area contributed by atoms with Gasteiger partial charge in [-0.2, -0.15) is 0 Å². The molecule has 1 aliphatic heterocycles. The predicted molar refractivity (Wildman–Crippen MR) is 139 cm³/mol. The van der Waals surface area contributed by atoms with Crippen LogP contribution in [0.1, 0.15) is 30.9 Å². The van der Waals surface area contributed by atoms with Crippen molar-refractivity contribution in [3.05, 3.63) is 92.6 Å². The monoisotopic (exact) mass is 475 g/mol. The lowest BCUT2D eigenvalue weighted by Crippen LogP contribution is -2.46. The number of carbonyl (C=O) groups is 1. The second-order valence-electron chi connectivity index (χ2n) is 9.11. The molecule has 0 bridgehead atoms. The van der Waals surface area contributed by atoms with Crippen molar-refractivity contribution in [3.63, 3.8) is 0 Å². The molecule has 0 radical (unpaired) electrons. The van der Waals surface area contributed by atoms with E-state index in [9.17, 15) is 14.4 Å². The van der Waals surface area contributed by atoms with E-state index in [-0.39, 0.29) is 37.0 Å². The predicted octanol–water partition coefficient (Wildman–Crippen LogP) is 2.47. The summed E-state index contributed by atoms with van der Waals surface area (Å²) < 4.78 is 1.30. The molecule has 1 saturated heterocycles.